The van der Waals surface area contributed by atoms with Crippen LogP contribution < -0.4 is 27.4 Å². The lowest BCUT2D eigenvalue weighted by Crippen LogP contribution is -2.40. The third-order valence-electron chi connectivity index (χ3n) is 4.64. The number of carbonyl (C=O) groups excluding carboxylic acids is 1. The first-order valence-corrected chi connectivity index (χ1v) is 8.47. The Morgan fingerprint density at radius 2 is 2.04 bits per heavy atom. The van der Waals surface area contributed by atoms with Gasteiger partial charge in [0.05, 0.1) is 5.56 Å². The number of H-pyrrole nitrogens is 2. The molecule has 26 heavy (non-hydrogen) atoms. The third-order valence-corrected chi connectivity index (χ3v) is 4.64. The summed E-state index contributed by atoms with van der Waals surface area (Å²) >= 11 is 0. The molecule has 2 unspecified atom stereocenters. The van der Waals surface area contributed by atoms with Crippen LogP contribution >= 0.6 is 0 Å². The highest BCUT2D eigenvalue weighted by molar-refractivity contribution is 5.94. The van der Waals surface area contributed by atoms with Crippen molar-refractivity contribution in [3.8, 4) is 0 Å². The maximum Gasteiger partial charge on any atom is 0.327 e. The monoisotopic (exact) mass is 359 g/mol. The van der Waals surface area contributed by atoms with Crippen LogP contribution in [-0.4, -0.2) is 33.0 Å². The molecule has 1 amide bonds. The molecule has 2 heterocycles. The summed E-state index contributed by atoms with van der Waals surface area (Å²) in [6.07, 6.45) is 4.28. The summed E-state index contributed by atoms with van der Waals surface area (Å²) in [6.45, 7) is 0.525. The number of nitrogens with one attached hydrogen (secondary N) is 4. The fraction of sp³-hybridized carbons (Fsp3) is 0.412. The van der Waals surface area contributed by atoms with Crippen molar-refractivity contribution in [1.29, 1.82) is 0 Å². The highest BCUT2D eigenvalue weighted by Crippen LogP contribution is 2.26. The van der Waals surface area contributed by atoms with Gasteiger partial charge in [-0.3, -0.25) is 24.4 Å². The zero-order chi connectivity index (χ0) is 18.7. The van der Waals surface area contributed by atoms with Gasteiger partial charge in [-0.25, -0.2) is 4.79 Å². The van der Waals surface area contributed by atoms with Crippen molar-refractivity contribution < 1.29 is 4.79 Å². The van der Waals surface area contributed by atoms with E-state index in [-0.39, 0.29) is 23.4 Å². The predicted octanol–water partition coefficient (Wildman–Crippen LogP) is -0.227. The second-order valence-corrected chi connectivity index (χ2v) is 6.52. The first-order valence-electron chi connectivity index (χ1n) is 8.47. The minimum atomic E-state index is -0.564. The van der Waals surface area contributed by atoms with Crippen LogP contribution in [0.1, 0.15) is 29.6 Å². The number of anilines is 1. The average molecular weight is 359 g/mol. The molecule has 1 aliphatic rings. The summed E-state index contributed by atoms with van der Waals surface area (Å²) < 4.78 is 1.37. The van der Waals surface area contributed by atoms with Crippen LogP contribution in [0.2, 0.25) is 0 Å². The van der Waals surface area contributed by atoms with E-state index in [2.05, 4.69) is 20.6 Å². The zero-order valence-corrected chi connectivity index (χ0v) is 14.4. The highest BCUT2D eigenvalue weighted by atomic mass is 16.2. The number of aromatic amines is 2. The number of hydrogen-bond acceptors (Lipinski definition) is 5. The molecule has 1 fully saturated rings. The number of hydrogen-bond donors (Lipinski definition) is 4. The van der Waals surface area contributed by atoms with Gasteiger partial charge in [0.1, 0.15) is 5.82 Å². The number of aryl methyl sites for hydroxylation is 1. The lowest BCUT2D eigenvalue weighted by molar-refractivity contribution is 0.0928. The number of pyridine rings is 1. The zero-order valence-electron chi connectivity index (χ0n) is 14.4. The Balaban J connectivity index is 1.63. The molecule has 0 spiro atoms. The summed E-state index contributed by atoms with van der Waals surface area (Å²) in [6, 6.07) is 4.15. The van der Waals surface area contributed by atoms with E-state index in [9.17, 15) is 19.2 Å². The fourth-order valence-corrected chi connectivity index (χ4v) is 3.26. The second kappa shape index (κ2) is 7.42. The largest absolute Gasteiger partial charge is 0.371 e. The molecular formula is C17H21N5O4. The second-order valence-electron chi connectivity index (χ2n) is 6.52. The standard InChI is InChI=1S/C17H21N5O4/c1-22-9-11(5-6-15(22)24)16(25)19-12-4-2-3-10(12)8-18-13-7-14(23)21-17(26)20-13/h5-7,9-10,12H,2-4,8H2,1H3,(H,19,25)(H3,18,20,21,23,26). The highest BCUT2D eigenvalue weighted by Gasteiger charge is 2.28. The van der Waals surface area contributed by atoms with E-state index >= 15 is 0 Å². The van der Waals surface area contributed by atoms with E-state index in [1.807, 2.05) is 0 Å². The Kier molecular flexibility index (Phi) is 5.06. The van der Waals surface area contributed by atoms with E-state index < -0.39 is 11.2 Å². The third kappa shape index (κ3) is 4.11. The van der Waals surface area contributed by atoms with Crippen LogP contribution in [0.4, 0.5) is 5.82 Å². The first-order chi connectivity index (χ1) is 12.4. The number of nitrogens with zero attached hydrogens (tertiary/aromatic N) is 1. The molecule has 2 aromatic rings. The molecule has 1 aliphatic carbocycles. The minimum absolute atomic E-state index is 0.0130. The Morgan fingerprint density at radius 1 is 1.23 bits per heavy atom. The lowest BCUT2D eigenvalue weighted by Gasteiger charge is -2.22. The van der Waals surface area contributed by atoms with Crippen LogP contribution in [0.25, 0.3) is 0 Å². The topological polar surface area (TPSA) is 129 Å². The molecule has 4 N–H and O–H groups in total. The molecule has 9 heteroatoms. The van der Waals surface area contributed by atoms with Crippen LogP contribution in [0.3, 0.4) is 0 Å². The van der Waals surface area contributed by atoms with Gasteiger partial charge >= 0.3 is 5.69 Å². The number of aromatic nitrogens is 3. The molecule has 1 saturated carbocycles. The smallest absolute Gasteiger partial charge is 0.327 e. The van der Waals surface area contributed by atoms with E-state index in [0.717, 1.165) is 19.3 Å². The van der Waals surface area contributed by atoms with Gasteiger partial charge in [-0.05, 0) is 24.8 Å². The molecule has 2 aromatic heterocycles. The molecule has 0 bridgehead atoms. The summed E-state index contributed by atoms with van der Waals surface area (Å²) in [5.74, 6) is 0.310. The van der Waals surface area contributed by atoms with Crippen LogP contribution in [0, 0.1) is 5.92 Å². The molecule has 0 saturated heterocycles. The average Bonchev–Trinajstić information content (AvgIpc) is 3.01. The fourth-order valence-electron chi connectivity index (χ4n) is 3.26. The maximum absolute atomic E-state index is 12.4. The van der Waals surface area contributed by atoms with E-state index in [0.29, 0.717) is 17.9 Å². The first kappa shape index (κ1) is 17.7. The molecule has 9 nitrogen and oxygen atoms in total. The van der Waals surface area contributed by atoms with Crippen molar-refractivity contribution in [2.24, 2.45) is 13.0 Å². The number of amides is 1. The van der Waals surface area contributed by atoms with Gasteiger partial charge in [0.25, 0.3) is 11.5 Å². The van der Waals surface area contributed by atoms with Crippen molar-refractivity contribution in [3.05, 3.63) is 61.2 Å². The maximum atomic E-state index is 12.4. The number of rotatable bonds is 5. The normalized spacial score (nSPS) is 19.3. The SMILES string of the molecule is Cn1cc(C(=O)NC2CCCC2CNc2cc(=O)[nH]c(=O)[nH]2)ccc1=O. The van der Waals surface area contributed by atoms with E-state index in [1.165, 1.54) is 29.0 Å². The summed E-state index contributed by atoms with van der Waals surface area (Å²) in [4.78, 5) is 51.1. The van der Waals surface area contributed by atoms with Crippen molar-refractivity contribution in [1.82, 2.24) is 19.9 Å². The lowest BCUT2D eigenvalue weighted by atomic mass is 10.0. The van der Waals surface area contributed by atoms with Gasteiger partial charge in [-0.1, -0.05) is 6.42 Å². The molecule has 138 valence electrons. The van der Waals surface area contributed by atoms with Gasteiger partial charge < -0.3 is 15.2 Å². The van der Waals surface area contributed by atoms with Gasteiger partial charge in [-0.15, -0.1) is 0 Å². The van der Waals surface area contributed by atoms with Gasteiger partial charge in [0.15, 0.2) is 0 Å². The Bertz CT molecular complexity index is 946. The van der Waals surface area contributed by atoms with Crippen molar-refractivity contribution >= 4 is 11.7 Å². The molecule has 0 aromatic carbocycles. The van der Waals surface area contributed by atoms with Gasteiger partial charge in [0.2, 0.25) is 5.56 Å². The van der Waals surface area contributed by atoms with Gasteiger partial charge in [-0.2, -0.15) is 0 Å². The molecule has 0 radical (unpaired) electrons. The minimum Gasteiger partial charge on any atom is -0.371 e. The number of carbonyl (C=O) groups is 1. The summed E-state index contributed by atoms with van der Waals surface area (Å²) in [5, 5.41) is 6.07. The Morgan fingerprint density at radius 3 is 2.77 bits per heavy atom. The van der Waals surface area contributed by atoms with Gasteiger partial charge in [0, 0.05) is 38.0 Å². The van der Waals surface area contributed by atoms with E-state index in [4.69, 9.17) is 0 Å². The predicted molar refractivity (Wildman–Crippen MR) is 96.5 cm³/mol. The molecular weight excluding hydrogens is 338 g/mol. The molecule has 3 rings (SSSR count). The Labute approximate surface area is 148 Å². The Hall–Kier alpha value is -3.10. The van der Waals surface area contributed by atoms with Crippen molar-refractivity contribution in [3.63, 3.8) is 0 Å². The van der Waals surface area contributed by atoms with Crippen LogP contribution in [0.15, 0.2) is 38.8 Å². The van der Waals surface area contributed by atoms with Crippen LogP contribution in [-0.2, 0) is 7.05 Å². The molecule has 2 atom stereocenters. The summed E-state index contributed by atoms with van der Waals surface area (Å²) in [5.41, 5.74) is -0.769. The van der Waals surface area contributed by atoms with Crippen LogP contribution in [0.5, 0.6) is 0 Å². The van der Waals surface area contributed by atoms with E-state index in [1.54, 1.807) is 7.05 Å². The quantitative estimate of drug-likeness (QED) is 0.586. The van der Waals surface area contributed by atoms with Crippen molar-refractivity contribution in [2.75, 3.05) is 11.9 Å². The summed E-state index contributed by atoms with van der Waals surface area (Å²) in [7, 11) is 1.60. The molecule has 0 aliphatic heterocycles. The van der Waals surface area contributed by atoms with Crippen molar-refractivity contribution in [2.45, 2.75) is 25.3 Å².